The van der Waals surface area contributed by atoms with Crippen LogP contribution in [0.2, 0.25) is 0 Å². The zero-order valence-corrected chi connectivity index (χ0v) is 24.2. The minimum atomic E-state index is -0.373. The number of H-pyrrole nitrogens is 1. The highest BCUT2D eigenvalue weighted by atomic mass is 32.2. The number of benzene rings is 2. The fourth-order valence-electron chi connectivity index (χ4n) is 4.85. The predicted octanol–water partition coefficient (Wildman–Crippen LogP) is 7.60. The number of rotatable bonds is 8. The number of carbonyl (C=O) groups is 2. The number of aromatic nitrogens is 2. The average molecular weight is 560 g/mol. The highest BCUT2D eigenvalue weighted by molar-refractivity contribution is 7.99. The molecule has 0 bridgehead atoms. The molecule has 8 heteroatoms. The van der Waals surface area contributed by atoms with Crippen molar-refractivity contribution in [3.63, 3.8) is 0 Å². The molecule has 0 radical (unpaired) electrons. The Morgan fingerprint density at radius 3 is 2.33 bits per heavy atom. The summed E-state index contributed by atoms with van der Waals surface area (Å²) >= 11 is 3.04. The maximum absolute atomic E-state index is 12.9. The van der Waals surface area contributed by atoms with Crippen molar-refractivity contribution in [2.24, 2.45) is 0 Å². The maximum atomic E-state index is 12.9. The molecule has 1 aliphatic rings. The summed E-state index contributed by atoms with van der Waals surface area (Å²) in [5.41, 5.74) is 7.97. The molecule has 5 rings (SSSR count). The lowest BCUT2D eigenvalue weighted by molar-refractivity contribution is -0.115. The molecule has 39 heavy (non-hydrogen) atoms. The number of amides is 1. The quantitative estimate of drug-likeness (QED) is 0.132. The molecular formula is C31H33N3O3S2. The van der Waals surface area contributed by atoms with E-state index in [4.69, 9.17) is 9.72 Å². The van der Waals surface area contributed by atoms with Gasteiger partial charge in [0, 0.05) is 28.2 Å². The SMILES string of the molecule is COC(=O)c1c(NC(=O)CCSc2nc(-c3ccc(C)cc3)c(-c3ccc(C)cc3)[nH]2)sc2c1CCCCC2. The molecule has 4 aromatic rings. The average Bonchev–Trinajstić information content (AvgIpc) is 3.42. The van der Waals surface area contributed by atoms with E-state index in [-0.39, 0.29) is 11.9 Å². The summed E-state index contributed by atoms with van der Waals surface area (Å²) in [5, 5.41) is 4.39. The highest BCUT2D eigenvalue weighted by Gasteiger charge is 2.26. The molecule has 0 saturated heterocycles. The van der Waals surface area contributed by atoms with Crippen LogP contribution in [0.15, 0.2) is 53.7 Å². The van der Waals surface area contributed by atoms with E-state index in [1.165, 1.54) is 46.2 Å². The van der Waals surface area contributed by atoms with Crippen LogP contribution < -0.4 is 5.32 Å². The van der Waals surface area contributed by atoms with Gasteiger partial charge in [0.2, 0.25) is 5.91 Å². The van der Waals surface area contributed by atoms with Crippen molar-refractivity contribution in [3.05, 3.63) is 75.7 Å². The number of fused-ring (bicyclic) bond motifs is 1. The first-order valence-corrected chi connectivity index (χ1v) is 15.1. The monoisotopic (exact) mass is 559 g/mol. The van der Waals surface area contributed by atoms with Gasteiger partial charge >= 0.3 is 5.97 Å². The number of hydrogen-bond acceptors (Lipinski definition) is 6. The molecule has 1 aliphatic carbocycles. The number of methoxy groups -OCH3 is 1. The molecule has 0 spiro atoms. The fraction of sp³-hybridized carbons (Fsp3) is 0.323. The van der Waals surface area contributed by atoms with E-state index in [1.807, 2.05) is 0 Å². The van der Waals surface area contributed by atoms with Gasteiger partial charge in [-0.15, -0.1) is 11.3 Å². The van der Waals surface area contributed by atoms with E-state index in [0.717, 1.165) is 65.3 Å². The van der Waals surface area contributed by atoms with Crippen LogP contribution >= 0.6 is 23.1 Å². The van der Waals surface area contributed by atoms with E-state index in [2.05, 4.69) is 72.7 Å². The minimum absolute atomic E-state index is 0.117. The van der Waals surface area contributed by atoms with Crippen molar-refractivity contribution in [1.82, 2.24) is 9.97 Å². The van der Waals surface area contributed by atoms with Crippen molar-refractivity contribution >= 4 is 40.0 Å². The van der Waals surface area contributed by atoms with Crippen LogP contribution in [0.3, 0.4) is 0 Å². The second-order valence-electron chi connectivity index (χ2n) is 9.90. The Bertz CT molecular complexity index is 1410. The number of ether oxygens (including phenoxy) is 1. The first-order chi connectivity index (χ1) is 18.9. The summed E-state index contributed by atoms with van der Waals surface area (Å²) in [6, 6.07) is 16.8. The normalized spacial score (nSPS) is 13.0. The number of hydrogen-bond donors (Lipinski definition) is 2. The van der Waals surface area contributed by atoms with Gasteiger partial charge < -0.3 is 15.0 Å². The number of anilines is 1. The third-order valence-corrected chi connectivity index (χ3v) is 9.06. The standard InChI is InChI=1S/C31H33N3O3S2/c1-19-9-13-21(14-10-19)27-28(22-15-11-20(2)12-16-22)34-31(33-27)38-18-17-25(35)32-29-26(30(36)37-3)23-7-5-4-6-8-24(23)39-29/h9-16H,4-8,17-18H2,1-3H3,(H,32,35)(H,33,34). The molecular weight excluding hydrogens is 526 g/mol. The Morgan fingerprint density at radius 2 is 1.64 bits per heavy atom. The van der Waals surface area contributed by atoms with Gasteiger partial charge in [-0.3, -0.25) is 4.79 Å². The number of aromatic amines is 1. The molecule has 2 heterocycles. The molecule has 2 N–H and O–H groups in total. The van der Waals surface area contributed by atoms with Crippen LogP contribution in [0.4, 0.5) is 5.00 Å². The lowest BCUT2D eigenvalue weighted by Gasteiger charge is -2.07. The van der Waals surface area contributed by atoms with Crippen molar-refractivity contribution in [2.45, 2.75) is 57.5 Å². The summed E-state index contributed by atoms with van der Waals surface area (Å²) in [7, 11) is 1.39. The van der Waals surface area contributed by atoms with Crippen LogP contribution in [0, 0.1) is 13.8 Å². The van der Waals surface area contributed by atoms with Gasteiger partial charge in [0.25, 0.3) is 0 Å². The summed E-state index contributed by atoms with van der Waals surface area (Å²) in [5.74, 6) is 0.0636. The number of imidazole rings is 1. The van der Waals surface area contributed by atoms with Gasteiger partial charge in [0.05, 0.1) is 24.1 Å². The van der Waals surface area contributed by atoms with Gasteiger partial charge in [-0.05, 0) is 45.1 Å². The number of aryl methyl sites for hydroxylation is 3. The number of thioether (sulfide) groups is 1. The van der Waals surface area contributed by atoms with E-state index >= 15 is 0 Å². The Morgan fingerprint density at radius 1 is 0.974 bits per heavy atom. The lowest BCUT2D eigenvalue weighted by atomic mass is 10.0. The Kier molecular flexibility index (Phi) is 8.53. The van der Waals surface area contributed by atoms with Crippen molar-refractivity contribution in [2.75, 3.05) is 18.2 Å². The fourth-order valence-corrected chi connectivity index (χ4v) is 6.95. The molecule has 0 atom stereocenters. The van der Waals surface area contributed by atoms with Crippen LogP contribution in [0.5, 0.6) is 0 Å². The second-order valence-corrected chi connectivity index (χ2v) is 12.1. The third kappa shape index (κ3) is 6.28. The highest BCUT2D eigenvalue weighted by Crippen LogP contribution is 2.38. The van der Waals surface area contributed by atoms with E-state index < -0.39 is 0 Å². The van der Waals surface area contributed by atoms with Gasteiger partial charge in [0.15, 0.2) is 5.16 Å². The molecule has 2 aromatic heterocycles. The minimum Gasteiger partial charge on any atom is -0.465 e. The first kappa shape index (κ1) is 27.2. The molecule has 1 amide bonds. The van der Waals surface area contributed by atoms with Crippen LogP contribution in [0.1, 0.15) is 57.6 Å². The molecule has 6 nitrogen and oxygen atoms in total. The second kappa shape index (κ2) is 12.2. The molecule has 0 saturated carbocycles. The smallest absolute Gasteiger partial charge is 0.341 e. The largest absolute Gasteiger partial charge is 0.465 e. The number of thiophene rings is 1. The first-order valence-electron chi connectivity index (χ1n) is 13.3. The summed E-state index contributed by atoms with van der Waals surface area (Å²) in [6.07, 6.45) is 5.42. The van der Waals surface area contributed by atoms with Gasteiger partial charge in [-0.1, -0.05) is 77.8 Å². The maximum Gasteiger partial charge on any atom is 0.341 e. The van der Waals surface area contributed by atoms with E-state index in [0.29, 0.717) is 22.7 Å². The van der Waals surface area contributed by atoms with Gasteiger partial charge in [-0.2, -0.15) is 0 Å². The zero-order valence-electron chi connectivity index (χ0n) is 22.6. The summed E-state index contributed by atoms with van der Waals surface area (Å²) in [6.45, 7) is 4.15. The predicted molar refractivity (Wildman–Crippen MR) is 160 cm³/mol. The molecule has 0 unspecified atom stereocenters. The van der Waals surface area contributed by atoms with Crippen molar-refractivity contribution in [1.29, 1.82) is 0 Å². The third-order valence-electron chi connectivity index (χ3n) is 6.98. The van der Waals surface area contributed by atoms with E-state index in [9.17, 15) is 9.59 Å². The van der Waals surface area contributed by atoms with Gasteiger partial charge in [0.1, 0.15) is 5.00 Å². The molecule has 2 aromatic carbocycles. The van der Waals surface area contributed by atoms with Crippen molar-refractivity contribution in [3.8, 4) is 22.5 Å². The Balaban J connectivity index is 1.30. The van der Waals surface area contributed by atoms with E-state index in [1.54, 1.807) is 0 Å². The number of esters is 1. The zero-order chi connectivity index (χ0) is 27.4. The number of nitrogens with zero attached hydrogens (tertiary/aromatic N) is 1. The number of carbonyl (C=O) groups excluding carboxylic acids is 2. The van der Waals surface area contributed by atoms with Crippen molar-refractivity contribution < 1.29 is 14.3 Å². The summed E-state index contributed by atoms with van der Waals surface area (Å²) in [4.78, 5) is 35.1. The molecule has 202 valence electrons. The molecule has 0 aliphatic heterocycles. The number of nitrogens with one attached hydrogen (secondary N) is 2. The van der Waals surface area contributed by atoms with Crippen LogP contribution in [-0.2, 0) is 22.4 Å². The summed E-state index contributed by atoms with van der Waals surface area (Å²) < 4.78 is 5.06. The van der Waals surface area contributed by atoms with Crippen LogP contribution in [0.25, 0.3) is 22.5 Å². The Labute approximate surface area is 237 Å². The molecule has 0 fully saturated rings. The van der Waals surface area contributed by atoms with Gasteiger partial charge in [-0.25, -0.2) is 9.78 Å². The lowest BCUT2D eigenvalue weighted by Crippen LogP contribution is -2.15. The topological polar surface area (TPSA) is 84.1 Å². The van der Waals surface area contributed by atoms with Crippen LogP contribution in [-0.4, -0.2) is 34.7 Å². The Hall–Kier alpha value is -3.36.